The second kappa shape index (κ2) is 6.82. The van der Waals surface area contributed by atoms with Crippen molar-refractivity contribution in [1.29, 1.82) is 0 Å². The van der Waals surface area contributed by atoms with Crippen molar-refractivity contribution in [3.63, 3.8) is 0 Å². The van der Waals surface area contributed by atoms with E-state index in [9.17, 15) is 4.79 Å². The van der Waals surface area contributed by atoms with Gasteiger partial charge in [-0.3, -0.25) is 0 Å². The Hall–Kier alpha value is -1.66. The van der Waals surface area contributed by atoms with E-state index in [4.69, 9.17) is 0 Å². The molecular weight excluding hydrogens is 210 g/mol. The minimum atomic E-state index is 0.307. The van der Waals surface area contributed by atoms with Crippen LogP contribution in [0.1, 0.15) is 44.2 Å². The Kier molecular flexibility index (Phi) is 5.38. The van der Waals surface area contributed by atoms with E-state index < -0.39 is 0 Å². The molecule has 1 aromatic carbocycles. The van der Waals surface area contributed by atoms with E-state index in [1.807, 2.05) is 6.92 Å². The van der Waals surface area contributed by atoms with Crippen LogP contribution in [0.3, 0.4) is 0 Å². The van der Waals surface area contributed by atoms with Gasteiger partial charge in [0.2, 0.25) is 6.08 Å². The third-order valence-electron chi connectivity index (χ3n) is 3.12. The lowest BCUT2D eigenvalue weighted by Gasteiger charge is -2.13. The smallest absolute Gasteiger partial charge is 0.211 e. The first-order valence-electron chi connectivity index (χ1n) is 5.99. The molecule has 0 saturated carbocycles. The van der Waals surface area contributed by atoms with Gasteiger partial charge >= 0.3 is 0 Å². The van der Waals surface area contributed by atoms with Crippen molar-refractivity contribution in [2.45, 2.75) is 33.1 Å². The van der Waals surface area contributed by atoms with E-state index in [-0.39, 0.29) is 0 Å². The second-order valence-electron chi connectivity index (χ2n) is 4.13. The summed E-state index contributed by atoms with van der Waals surface area (Å²) < 4.78 is 0. The predicted octanol–water partition coefficient (Wildman–Crippen LogP) is 3.94. The van der Waals surface area contributed by atoms with Crippen LogP contribution < -0.4 is 0 Å². The van der Waals surface area contributed by atoms with Gasteiger partial charge in [-0.25, -0.2) is 9.79 Å². The SMILES string of the molecule is CC=C(C)c1cccc(C(CC)CN=C=O)c1. The van der Waals surface area contributed by atoms with Crippen LogP contribution in [-0.4, -0.2) is 12.6 Å². The zero-order valence-corrected chi connectivity index (χ0v) is 10.7. The molecule has 0 N–H and O–H groups in total. The Labute approximate surface area is 103 Å². The molecule has 0 bridgehead atoms. The zero-order valence-electron chi connectivity index (χ0n) is 10.7. The molecule has 0 aliphatic carbocycles. The molecule has 0 saturated heterocycles. The fraction of sp³-hybridized carbons (Fsp3) is 0.400. The highest BCUT2D eigenvalue weighted by Crippen LogP contribution is 2.23. The lowest BCUT2D eigenvalue weighted by Crippen LogP contribution is -2.01. The van der Waals surface area contributed by atoms with Gasteiger partial charge < -0.3 is 0 Å². The first-order chi connectivity index (χ1) is 8.22. The van der Waals surface area contributed by atoms with Gasteiger partial charge in [-0.05, 0) is 37.0 Å². The summed E-state index contributed by atoms with van der Waals surface area (Å²) in [5.74, 6) is 0.307. The number of allylic oxidation sites excluding steroid dienone is 2. The minimum absolute atomic E-state index is 0.307. The lowest BCUT2D eigenvalue weighted by atomic mass is 9.93. The molecule has 90 valence electrons. The second-order valence-corrected chi connectivity index (χ2v) is 4.13. The van der Waals surface area contributed by atoms with Crippen LogP contribution in [0.25, 0.3) is 5.57 Å². The fourth-order valence-corrected chi connectivity index (χ4v) is 1.82. The van der Waals surface area contributed by atoms with Gasteiger partial charge in [0.1, 0.15) is 0 Å². The number of nitrogens with zero attached hydrogens (tertiary/aromatic N) is 1. The van der Waals surface area contributed by atoms with Gasteiger partial charge in [-0.1, -0.05) is 37.3 Å². The van der Waals surface area contributed by atoms with Crippen molar-refractivity contribution in [3.8, 4) is 0 Å². The molecule has 0 fully saturated rings. The van der Waals surface area contributed by atoms with Crippen LogP contribution in [0.4, 0.5) is 0 Å². The fourth-order valence-electron chi connectivity index (χ4n) is 1.82. The molecule has 1 aromatic rings. The normalized spacial score (nSPS) is 13.0. The number of benzene rings is 1. The van der Waals surface area contributed by atoms with E-state index in [0.29, 0.717) is 12.5 Å². The average molecular weight is 229 g/mol. The third-order valence-corrected chi connectivity index (χ3v) is 3.12. The van der Waals surface area contributed by atoms with Crippen LogP contribution in [0.15, 0.2) is 35.3 Å². The zero-order chi connectivity index (χ0) is 12.7. The molecule has 0 amide bonds. The number of isocyanates is 1. The van der Waals surface area contributed by atoms with Gasteiger partial charge in [-0.15, -0.1) is 0 Å². The predicted molar refractivity (Wildman–Crippen MR) is 71.8 cm³/mol. The van der Waals surface area contributed by atoms with Crippen molar-refractivity contribution < 1.29 is 4.79 Å². The standard InChI is InChI=1S/C15H19NO/c1-4-12(3)14-7-6-8-15(9-14)13(5-2)10-16-11-17/h4,6-9,13H,5,10H2,1-3H3. The molecule has 1 rings (SSSR count). The number of hydrogen-bond donors (Lipinski definition) is 0. The maximum atomic E-state index is 10.2. The highest BCUT2D eigenvalue weighted by atomic mass is 16.1. The molecule has 17 heavy (non-hydrogen) atoms. The van der Waals surface area contributed by atoms with E-state index >= 15 is 0 Å². The molecule has 0 spiro atoms. The molecule has 0 heterocycles. The van der Waals surface area contributed by atoms with Crippen molar-refractivity contribution >= 4 is 11.7 Å². The Morgan fingerprint density at radius 2 is 2.29 bits per heavy atom. The topological polar surface area (TPSA) is 29.4 Å². The largest absolute Gasteiger partial charge is 0.234 e. The Balaban J connectivity index is 3.00. The summed E-state index contributed by atoms with van der Waals surface area (Å²) in [5.41, 5.74) is 3.74. The Bertz CT molecular complexity index is 442. The molecule has 2 heteroatoms. The first-order valence-corrected chi connectivity index (χ1v) is 5.99. The van der Waals surface area contributed by atoms with E-state index in [1.165, 1.54) is 16.7 Å². The molecule has 1 atom stereocenters. The quantitative estimate of drug-likeness (QED) is 0.555. The number of carbonyl (C=O) groups excluding carboxylic acids is 1. The van der Waals surface area contributed by atoms with Crippen LogP contribution in [0.2, 0.25) is 0 Å². The summed E-state index contributed by atoms with van der Waals surface area (Å²) in [6.07, 6.45) is 4.69. The lowest BCUT2D eigenvalue weighted by molar-refractivity contribution is 0.559. The summed E-state index contributed by atoms with van der Waals surface area (Å²) in [4.78, 5) is 13.9. The highest BCUT2D eigenvalue weighted by molar-refractivity contribution is 5.64. The summed E-state index contributed by atoms with van der Waals surface area (Å²) in [5, 5.41) is 0. The van der Waals surface area contributed by atoms with Gasteiger partial charge in [0.25, 0.3) is 0 Å². The number of hydrogen-bond acceptors (Lipinski definition) is 2. The summed E-state index contributed by atoms with van der Waals surface area (Å²) in [6.45, 7) is 6.78. The minimum Gasteiger partial charge on any atom is -0.211 e. The molecule has 0 aromatic heterocycles. The molecule has 0 radical (unpaired) electrons. The van der Waals surface area contributed by atoms with E-state index in [1.54, 1.807) is 6.08 Å². The van der Waals surface area contributed by atoms with Gasteiger partial charge in [0.05, 0.1) is 6.54 Å². The van der Waals surface area contributed by atoms with Crippen LogP contribution in [0, 0.1) is 0 Å². The van der Waals surface area contributed by atoms with Crippen LogP contribution in [0.5, 0.6) is 0 Å². The van der Waals surface area contributed by atoms with Crippen LogP contribution >= 0.6 is 0 Å². The molecule has 0 aliphatic heterocycles. The van der Waals surface area contributed by atoms with Crippen molar-refractivity contribution in [2.24, 2.45) is 4.99 Å². The maximum absolute atomic E-state index is 10.2. The van der Waals surface area contributed by atoms with Crippen molar-refractivity contribution in [1.82, 2.24) is 0 Å². The van der Waals surface area contributed by atoms with Crippen molar-refractivity contribution in [3.05, 3.63) is 41.5 Å². The van der Waals surface area contributed by atoms with Gasteiger partial charge in [0.15, 0.2) is 0 Å². The molecule has 0 aliphatic rings. The maximum Gasteiger partial charge on any atom is 0.234 e. The third kappa shape index (κ3) is 3.69. The summed E-state index contributed by atoms with van der Waals surface area (Å²) in [6, 6.07) is 8.45. The Morgan fingerprint density at radius 3 is 2.88 bits per heavy atom. The van der Waals surface area contributed by atoms with E-state index in [0.717, 1.165) is 6.42 Å². The first kappa shape index (κ1) is 13.4. The van der Waals surface area contributed by atoms with Crippen molar-refractivity contribution in [2.75, 3.05) is 6.54 Å². The Morgan fingerprint density at radius 1 is 1.53 bits per heavy atom. The average Bonchev–Trinajstić information content (AvgIpc) is 2.39. The van der Waals surface area contributed by atoms with Gasteiger partial charge in [-0.2, -0.15) is 0 Å². The van der Waals surface area contributed by atoms with Gasteiger partial charge in [0, 0.05) is 5.92 Å². The molecule has 1 unspecified atom stereocenters. The number of rotatable bonds is 5. The monoisotopic (exact) mass is 229 g/mol. The molecule has 2 nitrogen and oxygen atoms in total. The summed E-state index contributed by atoms with van der Waals surface area (Å²) in [7, 11) is 0. The highest BCUT2D eigenvalue weighted by Gasteiger charge is 2.09. The van der Waals surface area contributed by atoms with E-state index in [2.05, 4.69) is 49.2 Å². The number of aliphatic imine (C=N–C) groups is 1. The summed E-state index contributed by atoms with van der Waals surface area (Å²) >= 11 is 0. The molecular formula is C15H19NO. The van der Waals surface area contributed by atoms with Crippen LogP contribution in [-0.2, 0) is 4.79 Å².